The van der Waals surface area contributed by atoms with E-state index in [0.29, 0.717) is 18.0 Å². The largest absolute Gasteiger partial charge is 0.355 e. The molecule has 1 heterocycles. The van der Waals surface area contributed by atoms with Gasteiger partial charge in [-0.2, -0.15) is 0 Å². The number of hydrogen-bond acceptors (Lipinski definition) is 3. The Morgan fingerprint density at radius 3 is 2.32 bits per heavy atom. The minimum absolute atomic E-state index is 0. The highest BCUT2D eigenvalue weighted by atomic mass is 127. The molecule has 5 nitrogen and oxygen atoms in total. The van der Waals surface area contributed by atoms with Crippen molar-refractivity contribution >= 4 is 29.9 Å². The number of nitrogens with one attached hydrogen (secondary N) is 2. The van der Waals surface area contributed by atoms with Crippen molar-refractivity contribution in [2.45, 2.75) is 52.2 Å². The van der Waals surface area contributed by atoms with Crippen LogP contribution in [-0.2, 0) is 0 Å². The minimum atomic E-state index is 0. The van der Waals surface area contributed by atoms with Gasteiger partial charge in [0.05, 0.1) is 0 Å². The highest BCUT2D eigenvalue weighted by molar-refractivity contribution is 14.0. The molecule has 1 saturated heterocycles. The van der Waals surface area contributed by atoms with Crippen LogP contribution in [-0.4, -0.2) is 74.2 Å². The molecule has 0 aromatic heterocycles. The fourth-order valence-electron chi connectivity index (χ4n) is 2.44. The first kappa shape index (κ1) is 21.9. The number of halogens is 1. The average molecular weight is 425 g/mol. The fourth-order valence-corrected chi connectivity index (χ4v) is 2.44. The summed E-state index contributed by atoms with van der Waals surface area (Å²) in [6.45, 7) is 14.4. The molecule has 0 saturated carbocycles. The molecule has 2 unspecified atom stereocenters. The molecule has 6 heteroatoms. The second kappa shape index (κ2) is 9.27. The summed E-state index contributed by atoms with van der Waals surface area (Å²) in [5.41, 5.74) is 0.100. The summed E-state index contributed by atoms with van der Waals surface area (Å²) < 4.78 is 0. The summed E-state index contributed by atoms with van der Waals surface area (Å²) in [5.74, 6) is 1.56. The molecular weight excluding hydrogens is 389 g/mol. The lowest BCUT2D eigenvalue weighted by atomic mass is 10.0. The first-order valence-corrected chi connectivity index (χ1v) is 8.06. The Hall–Kier alpha value is -0.0800. The molecule has 0 spiro atoms. The van der Waals surface area contributed by atoms with E-state index >= 15 is 0 Å². The van der Waals surface area contributed by atoms with Crippen molar-refractivity contribution in [3.63, 3.8) is 0 Å². The average Bonchev–Trinajstić information content (AvgIpc) is 2.76. The molecule has 0 aliphatic carbocycles. The zero-order chi connectivity index (χ0) is 16.2. The van der Waals surface area contributed by atoms with Gasteiger partial charge in [-0.25, -0.2) is 0 Å². The molecule has 2 atom stereocenters. The number of hydrogen-bond donors (Lipinski definition) is 2. The number of aliphatic imine (C=N–C) groups is 1. The molecule has 0 bridgehead atoms. The van der Waals surface area contributed by atoms with Crippen molar-refractivity contribution in [3.05, 3.63) is 0 Å². The van der Waals surface area contributed by atoms with Crippen LogP contribution in [0, 0.1) is 5.92 Å². The van der Waals surface area contributed by atoms with Gasteiger partial charge in [0.1, 0.15) is 0 Å². The lowest BCUT2D eigenvalue weighted by molar-refractivity contribution is 0.197. The highest BCUT2D eigenvalue weighted by Gasteiger charge is 2.31. The van der Waals surface area contributed by atoms with E-state index in [1.54, 1.807) is 0 Å². The van der Waals surface area contributed by atoms with E-state index in [9.17, 15) is 0 Å². The Balaban J connectivity index is 0.00000441. The second-order valence-corrected chi connectivity index (χ2v) is 7.41. The van der Waals surface area contributed by atoms with Crippen molar-refractivity contribution in [3.8, 4) is 0 Å². The van der Waals surface area contributed by atoms with Gasteiger partial charge < -0.3 is 15.5 Å². The van der Waals surface area contributed by atoms with E-state index in [-0.39, 0.29) is 29.5 Å². The minimum Gasteiger partial charge on any atom is -0.355 e. The molecule has 1 aliphatic rings. The Morgan fingerprint density at radius 1 is 1.32 bits per heavy atom. The summed E-state index contributed by atoms with van der Waals surface area (Å²) in [5, 5.41) is 7.05. The third-order valence-corrected chi connectivity index (χ3v) is 4.82. The molecular formula is C16H36IN5. The molecule has 132 valence electrons. The monoisotopic (exact) mass is 425 g/mol. The van der Waals surface area contributed by atoms with E-state index in [0.717, 1.165) is 25.6 Å². The van der Waals surface area contributed by atoms with Crippen molar-refractivity contribution in [1.82, 2.24) is 20.4 Å². The molecule has 0 aromatic carbocycles. The quantitative estimate of drug-likeness (QED) is 0.401. The van der Waals surface area contributed by atoms with E-state index in [2.05, 4.69) is 74.1 Å². The van der Waals surface area contributed by atoms with Crippen molar-refractivity contribution in [2.75, 3.05) is 40.8 Å². The first-order chi connectivity index (χ1) is 9.67. The first-order valence-electron chi connectivity index (χ1n) is 8.06. The topological polar surface area (TPSA) is 42.9 Å². The number of nitrogens with zero attached hydrogens (tertiary/aromatic N) is 3. The smallest absolute Gasteiger partial charge is 0.191 e. The Labute approximate surface area is 154 Å². The molecule has 0 aromatic rings. The van der Waals surface area contributed by atoms with Gasteiger partial charge in [-0.15, -0.1) is 24.0 Å². The van der Waals surface area contributed by atoms with Crippen LogP contribution in [0.2, 0.25) is 0 Å². The van der Waals surface area contributed by atoms with Gasteiger partial charge in [0.2, 0.25) is 0 Å². The molecule has 1 rings (SSSR count). The van der Waals surface area contributed by atoms with Gasteiger partial charge in [0.15, 0.2) is 5.96 Å². The van der Waals surface area contributed by atoms with Gasteiger partial charge >= 0.3 is 0 Å². The van der Waals surface area contributed by atoms with Crippen LogP contribution >= 0.6 is 24.0 Å². The number of guanidine groups is 1. The SMILES string of the molecule is CN=C(NCC(C)(C)N(C)C)NC1CN(C(C)C)CC1C.I. The number of likely N-dealkylation sites (N-methyl/N-ethyl adjacent to an activating group) is 1. The zero-order valence-electron chi connectivity index (χ0n) is 15.6. The molecule has 0 amide bonds. The van der Waals surface area contributed by atoms with Gasteiger partial charge in [-0.3, -0.25) is 9.89 Å². The Kier molecular flexibility index (Phi) is 9.24. The Morgan fingerprint density at radius 2 is 1.91 bits per heavy atom. The van der Waals surface area contributed by atoms with Crippen LogP contribution in [0.4, 0.5) is 0 Å². The zero-order valence-corrected chi connectivity index (χ0v) is 17.9. The summed E-state index contributed by atoms with van der Waals surface area (Å²) in [4.78, 5) is 9.13. The molecule has 0 radical (unpaired) electrons. The summed E-state index contributed by atoms with van der Waals surface area (Å²) in [7, 11) is 6.06. The summed E-state index contributed by atoms with van der Waals surface area (Å²) >= 11 is 0. The van der Waals surface area contributed by atoms with Crippen molar-refractivity contribution < 1.29 is 0 Å². The van der Waals surface area contributed by atoms with Crippen LogP contribution in [0.15, 0.2) is 4.99 Å². The van der Waals surface area contributed by atoms with Crippen molar-refractivity contribution in [1.29, 1.82) is 0 Å². The third-order valence-electron chi connectivity index (χ3n) is 4.82. The van der Waals surface area contributed by atoms with Crippen molar-refractivity contribution in [2.24, 2.45) is 10.9 Å². The summed E-state index contributed by atoms with van der Waals surface area (Å²) in [6.07, 6.45) is 0. The summed E-state index contributed by atoms with van der Waals surface area (Å²) in [6, 6.07) is 1.09. The normalized spacial score (nSPS) is 23.8. The van der Waals surface area contributed by atoms with Gasteiger partial charge in [0, 0.05) is 44.3 Å². The van der Waals surface area contributed by atoms with Crippen LogP contribution in [0.1, 0.15) is 34.6 Å². The fraction of sp³-hybridized carbons (Fsp3) is 0.938. The lowest BCUT2D eigenvalue weighted by Gasteiger charge is -2.33. The van der Waals surface area contributed by atoms with E-state index in [1.807, 2.05) is 7.05 Å². The van der Waals surface area contributed by atoms with Crippen LogP contribution in [0.5, 0.6) is 0 Å². The predicted molar refractivity (Wildman–Crippen MR) is 107 cm³/mol. The van der Waals surface area contributed by atoms with Gasteiger partial charge in [0.25, 0.3) is 0 Å². The molecule has 2 N–H and O–H groups in total. The number of likely N-dealkylation sites (tertiary alicyclic amines) is 1. The van der Waals surface area contributed by atoms with Gasteiger partial charge in [-0.05, 0) is 47.7 Å². The second-order valence-electron chi connectivity index (χ2n) is 7.41. The third kappa shape index (κ3) is 6.20. The maximum Gasteiger partial charge on any atom is 0.191 e. The van der Waals surface area contributed by atoms with E-state index in [4.69, 9.17) is 0 Å². The lowest BCUT2D eigenvalue weighted by Crippen LogP contribution is -2.53. The number of rotatable bonds is 5. The van der Waals surface area contributed by atoms with E-state index < -0.39 is 0 Å². The Bertz CT molecular complexity index is 354. The van der Waals surface area contributed by atoms with Crippen LogP contribution < -0.4 is 10.6 Å². The molecule has 1 aliphatic heterocycles. The standard InChI is InChI=1S/C16H35N5.HI/c1-12(2)21-9-13(3)14(10-21)19-15(17-6)18-11-16(4,5)20(7)8;/h12-14H,9-11H2,1-8H3,(H2,17,18,19);1H. The molecule has 1 fully saturated rings. The van der Waals surface area contributed by atoms with E-state index in [1.165, 1.54) is 0 Å². The van der Waals surface area contributed by atoms with Crippen LogP contribution in [0.25, 0.3) is 0 Å². The molecule has 22 heavy (non-hydrogen) atoms. The maximum absolute atomic E-state index is 4.38. The van der Waals surface area contributed by atoms with Gasteiger partial charge in [-0.1, -0.05) is 6.92 Å². The predicted octanol–water partition coefficient (Wildman–Crippen LogP) is 1.84. The highest BCUT2D eigenvalue weighted by Crippen LogP contribution is 2.18. The maximum atomic E-state index is 4.38. The van der Waals surface area contributed by atoms with Crippen LogP contribution in [0.3, 0.4) is 0 Å².